The molecule has 0 aliphatic carbocycles. The molecule has 0 saturated carbocycles. The first kappa shape index (κ1) is 25.0. The Kier molecular flexibility index (Phi) is 6.81. The quantitative estimate of drug-likeness (QED) is 0.674. The number of likely N-dealkylation sites (tertiary alicyclic amines) is 1. The van der Waals surface area contributed by atoms with Crippen LogP contribution in [-0.4, -0.2) is 75.5 Å². The van der Waals surface area contributed by atoms with Gasteiger partial charge in [-0.05, 0) is 57.4 Å². The molecule has 190 valence electrons. The van der Waals surface area contributed by atoms with Gasteiger partial charge in [-0.3, -0.25) is 4.90 Å². The Bertz CT molecular complexity index is 1090. The van der Waals surface area contributed by atoms with Crippen molar-refractivity contribution in [2.75, 3.05) is 38.1 Å². The number of nitrogens with zero attached hydrogens (tertiary/aromatic N) is 5. The molecule has 4 rings (SSSR count). The van der Waals surface area contributed by atoms with Gasteiger partial charge in [-0.2, -0.15) is 23.0 Å². The lowest BCUT2D eigenvalue weighted by Crippen LogP contribution is -2.53. The molecule has 1 amide bonds. The number of piperidine rings is 1. The zero-order chi connectivity index (χ0) is 25.4. The lowest BCUT2D eigenvalue weighted by molar-refractivity contribution is -0.137. The first-order chi connectivity index (χ1) is 16.5. The first-order valence-electron chi connectivity index (χ1n) is 11.7. The standard InChI is InChI=1S/C24H30F3N5O3/c1-23(9-14-31(15-10-23)22(35)32-13-8-19(28-32)21(33)34)29(2)16-17-6-5-7-18(24(25,26)27)20(17)30-11-3-4-12-30/h5-8,13H,3-4,9-12,14-16H2,1-2H3,(H,33,34). The van der Waals surface area contributed by atoms with E-state index >= 15 is 0 Å². The highest BCUT2D eigenvalue weighted by Gasteiger charge is 2.39. The van der Waals surface area contributed by atoms with Crippen molar-refractivity contribution in [3.8, 4) is 0 Å². The van der Waals surface area contributed by atoms with Crippen molar-refractivity contribution in [2.24, 2.45) is 0 Å². The summed E-state index contributed by atoms with van der Waals surface area (Å²) in [7, 11) is 1.91. The highest BCUT2D eigenvalue weighted by molar-refractivity contribution is 5.86. The van der Waals surface area contributed by atoms with Gasteiger partial charge in [-0.25, -0.2) is 9.59 Å². The van der Waals surface area contributed by atoms with Crippen molar-refractivity contribution in [2.45, 2.75) is 50.9 Å². The number of carboxylic acids is 1. The molecule has 3 heterocycles. The molecule has 2 aliphatic heterocycles. The number of amides is 1. The highest BCUT2D eigenvalue weighted by atomic mass is 19.4. The van der Waals surface area contributed by atoms with Crippen molar-refractivity contribution in [3.05, 3.63) is 47.3 Å². The third-order valence-corrected chi connectivity index (χ3v) is 7.29. The van der Waals surface area contributed by atoms with E-state index in [0.29, 0.717) is 51.1 Å². The molecule has 0 atom stereocenters. The molecular formula is C24H30F3N5O3. The summed E-state index contributed by atoms with van der Waals surface area (Å²) in [4.78, 5) is 29.3. The lowest BCUT2D eigenvalue weighted by atomic mass is 9.87. The Morgan fingerprint density at radius 2 is 1.77 bits per heavy atom. The summed E-state index contributed by atoms with van der Waals surface area (Å²) in [6, 6.07) is 5.30. The maximum atomic E-state index is 13.8. The van der Waals surface area contributed by atoms with Gasteiger partial charge in [0.25, 0.3) is 0 Å². The number of hydrogen-bond donors (Lipinski definition) is 1. The molecule has 1 N–H and O–H groups in total. The van der Waals surface area contributed by atoms with Gasteiger partial charge >= 0.3 is 18.2 Å². The van der Waals surface area contributed by atoms with Crippen LogP contribution in [0, 0.1) is 0 Å². The highest BCUT2D eigenvalue weighted by Crippen LogP contribution is 2.41. The molecule has 0 radical (unpaired) electrons. The largest absolute Gasteiger partial charge is 0.476 e. The molecule has 11 heteroatoms. The molecular weight excluding hydrogens is 463 g/mol. The van der Waals surface area contributed by atoms with Crippen LogP contribution in [0.1, 0.15) is 54.2 Å². The molecule has 2 fully saturated rings. The topological polar surface area (TPSA) is 81.9 Å². The van der Waals surface area contributed by atoms with Gasteiger partial charge in [0.05, 0.1) is 11.3 Å². The first-order valence-corrected chi connectivity index (χ1v) is 11.7. The van der Waals surface area contributed by atoms with E-state index in [1.54, 1.807) is 11.0 Å². The maximum Gasteiger partial charge on any atom is 0.418 e. The minimum Gasteiger partial charge on any atom is -0.476 e. The average molecular weight is 494 g/mol. The van der Waals surface area contributed by atoms with Gasteiger partial charge in [0.2, 0.25) is 0 Å². The number of carbonyl (C=O) groups is 2. The van der Waals surface area contributed by atoms with Crippen LogP contribution in [-0.2, 0) is 12.7 Å². The van der Waals surface area contributed by atoms with E-state index in [2.05, 4.69) is 16.9 Å². The number of para-hydroxylation sites is 1. The Morgan fingerprint density at radius 1 is 1.11 bits per heavy atom. The smallest absolute Gasteiger partial charge is 0.418 e. The Balaban J connectivity index is 1.47. The van der Waals surface area contributed by atoms with Gasteiger partial charge in [-0.1, -0.05) is 12.1 Å². The third-order valence-electron chi connectivity index (χ3n) is 7.29. The van der Waals surface area contributed by atoms with Crippen molar-refractivity contribution in [3.63, 3.8) is 0 Å². The van der Waals surface area contributed by atoms with Gasteiger partial charge in [-0.15, -0.1) is 0 Å². The summed E-state index contributed by atoms with van der Waals surface area (Å²) in [5.41, 5.74) is -0.162. The van der Waals surface area contributed by atoms with Crippen molar-refractivity contribution >= 4 is 17.7 Å². The number of aromatic carboxylic acids is 1. The number of halogens is 3. The fraction of sp³-hybridized carbons (Fsp3) is 0.542. The number of alkyl halides is 3. The minimum absolute atomic E-state index is 0.199. The maximum absolute atomic E-state index is 13.8. The zero-order valence-corrected chi connectivity index (χ0v) is 19.9. The fourth-order valence-electron chi connectivity index (χ4n) is 4.96. The van der Waals surface area contributed by atoms with Crippen LogP contribution in [0.15, 0.2) is 30.5 Å². The van der Waals surface area contributed by atoms with Crippen LogP contribution >= 0.6 is 0 Å². The van der Waals surface area contributed by atoms with E-state index in [1.165, 1.54) is 18.3 Å². The normalized spacial score (nSPS) is 18.3. The van der Waals surface area contributed by atoms with Crippen molar-refractivity contribution < 1.29 is 27.9 Å². The second-order valence-corrected chi connectivity index (χ2v) is 9.58. The summed E-state index contributed by atoms with van der Waals surface area (Å²) in [6.45, 7) is 4.53. The third kappa shape index (κ3) is 5.14. The van der Waals surface area contributed by atoms with Crippen molar-refractivity contribution in [1.82, 2.24) is 19.6 Å². The Morgan fingerprint density at radius 3 is 2.34 bits per heavy atom. The van der Waals surface area contributed by atoms with E-state index in [0.717, 1.165) is 23.6 Å². The monoisotopic (exact) mass is 493 g/mol. The Labute approximate surface area is 201 Å². The average Bonchev–Trinajstić information content (AvgIpc) is 3.51. The van der Waals surface area contributed by atoms with E-state index in [4.69, 9.17) is 5.11 Å². The Hall–Kier alpha value is -3.08. The second-order valence-electron chi connectivity index (χ2n) is 9.58. The summed E-state index contributed by atoms with van der Waals surface area (Å²) in [6.07, 6.45) is -0.0739. The van der Waals surface area contributed by atoms with Gasteiger partial charge in [0, 0.05) is 44.5 Å². The van der Waals surface area contributed by atoms with Gasteiger partial charge in [0.15, 0.2) is 5.69 Å². The molecule has 0 bridgehead atoms. The van der Waals surface area contributed by atoms with E-state index in [9.17, 15) is 22.8 Å². The summed E-state index contributed by atoms with van der Waals surface area (Å²) < 4.78 is 42.5. The van der Waals surface area contributed by atoms with Gasteiger partial charge in [0.1, 0.15) is 0 Å². The number of carboxylic acid groups (broad SMARTS) is 1. The molecule has 8 nitrogen and oxygen atoms in total. The van der Waals surface area contributed by atoms with Crippen LogP contribution in [0.3, 0.4) is 0 Å². The number of anilines is 1. The zero-order valence-electron chi connectivity index (χ0n) is 19.9. The van der Waals surface area contributed by atoms with Crippen LogP contribution in [0.4, 0.5) is 23.7 Å². The number of benzene rings is 1. The van der Waals surface area contributed by atoms with E-state index < -0.39 is 23.7 Å². The SMILES string of the molecule is CN(Cc1cccc(C(F)(F)F)c1N1CCCC1)C1(C)CCN(C(=O)n2ccc(C(=O)O)n2)CC1. The van der Waals surface area contributed by atoms with Crippen molar-refractivity contribution in [1.29, 1.82) is 0 Å². The molecule has 2 aliphatic rings. The lowest BCUT2D eigenvalue weighted by Gasteiger charge is -2.45. The van der Waals surface area contributed by atoms with E-state index in [1.807, 2.05) is 11.9 Å². The van der Waals surface area contributed by atoms with E-state index in [-0.39, 0.29) is 16.9 Å². The number of hydrogen-bond acceptors (Lipinski definition) is 5. The fourth-order valence-corrected chi connectivity index (χ4v) is 4.96. The second kappa shape index (κ2) is 9.52. The van der Waals surface area contributed by atoms with Crippen LogP contribution in [0.5, 0.6) is 0 Å². The molecule has 0 spiro atoms. The number of carbonyl (C=O) groups excluding carboxylic acids is 1. The minimum atomic E-state index is -4.42. The summed E-state index contributed by atoms with van der Waals surface area (Å²) in [5, 5.41) is 12.8. The predicted octanol–water partition coefficient (Wildman–Crippen LogP) is 4.15. The van der Waals surface area contributed by atoms with Gasteiger partial charge < -0.3 is 14.9 Å². The predicted molar refractivity (Wildman–Crippen MR) is 124 cm³/mol. The molecule has 0 unspecified atom stereocenters. The number of rotatable bonds is 5. The molecule has 1 aromatic heterocycles. The molecule has 2 saturated heterocycles. The van der Waals surface area contributed by atoms with Crippen LogP contribution in [0.25, 0.3) is 0 Å². The van der Waals surface area contributed by atoms with Crippen LogP contribution in [0.2, 0.25) is 0 Å². The van der Waals surface area contributed by atoms with Crippen LogP contribution < -0.4 is 4.90 Å². The number of aromatic nitrogens is 2. The summed E-state index contributed by atoms with van der Waals surface area (Å²) in [5.74, 6) is -1.20. The summed E-state index contributed by atoms with van der Waals surface area (Å²) >= 11 is 0. The molecule has 2 aromatic rings. The molecule has 1 aromatic carbocycles. The molecule has 35 heavy (non-hydrogen) atoms.